The molecule has 1 nitrogen and oxygen atoms in total. The van der Waals surface area contributed by atoms with Crippen LogP contribution in [0.2, 0.25) is 0 Å². The molecule has 2 heteroatoms. The van der Waals surface area contributed by atoms with E-state index in [0.717, 1.165) is 6.42 Å². The highest BCUT2D eigenvalue weighted by molar-refractivity contribution is 7.05. The van der Waals surface area contributed by atoms with Crippen LogP contribution in [-0.4, -0.2) is 4.37 Å². The molecule has 0 radical (unpaired) electrons. The van der Waals surface area contributed by atoms with Crippen molar-refractivity contribution >= 4 is 17.6 Å². The molecule has 0 spiro atoms. The molecule has 94 valence electrons. The van der Waals surface area contributed by atoms with Crippen LogP contribution in [0.4, 0.5) is 0 Å². The van der Waals surface area contributed by atoms with Crippen LogP contribution in [0, 0.1) is 6.92 Å². The molecule has 0 fully saturated rings. The first-order valence-corrected chi connectivity index (χ1v) is 7.11. The number of rotatable bonds is 3. The van der Waals surface area contributed by atoms with E-state index in [-0.39, 0.29) is 0 Å². The maximum absolute atomic E-state index is 4.07. The summed E-state index contributed by atoms with van der Waals surface area (Å²) < 4.78 is 4.07. The Hall–Kier alpha value is -0.630. The minimum absolute atomic E-state index is 1.09. The van der Waals surface area contributed by atoms with E-state index in [0.29, 0.717) is 0 Å². The molecule has 0 aromatic carbocycles. The van der Waals surface area contributed by atoms with Crippen molar-refractivity contribution in [1.82, 2.24) is 4.37 Å². The molecular weight excluding hydrogens is 214 g/mol. The smallest absolute Gasteiger partial charge is 0.0482 e. The van der Waals surface area contributed by atoms with Crippen molar-refractivity contribution in [2.45, 2.75) is 60.8 Å². The van der Waals surface area contributed by atoms with Gasteiger partial charge in [-0.2, -0.15) is 0 Å². The summed E-state index contributed by atoms with van der Waals surface area (Å²) in [6, 6.07) is 0. The van der Waals surface area contributed by atoms with Crippen LogP contribution < -0.4 is 0 Å². The van der Waals surface area contributed by atoms with E-state index in [1.165, 1.54) is 23.3 Å². The molecule has 0 saturated heterocycles. The molecule has 0 saturated carbocycles. The molecule has 1 rings (SSSR count). The normalized spacial score (nSPS) is 9.12. The van der Waals surface area contributed by atoms with Crippen LogP contribution in [0.15, 0.2) is 12.3 Å². The molecule has 0 unspecified atom stereocenters. The van der Waals surface area contributed by atoms with E-state index in [2.05, 4.69) is 44.2 Å². The Bertz CT molecular complexity index is 249. The number of allylic oxidation sites excluding steroid dienone is 1. The maximum Gasteiger partial charge on any atom is 0.0482 e. The number of hydrogen-bond acceptors (Lipinski definition) is 2. The quantitative estimate of drug-likeness (QED) is 0.660. The predicted octanol–water partition coefficient (Wildman–Crippen LogP) is 5.71. The summed E-state index contributed by atoms with van der Waals surface area (Å²) in [5.41, 5.74) is 1.26. The van der Waals surface area contributed by atoms with Gasteiger partial charge in [0.1, 0.15) is 0 Å². The first kappa shape index (κ1) is 17.8. The molecule has 1 heterocycles. The summed E-state index contributed by atoms with van der Waals surface area (Å²) in [5, 5.41) is 0. The van der Waals surface area contributed by atoms with Crippen molar-refractivity contribution in [3.63, 3.8) is 0 Å². The Kier molecular flexibility index (Phi) is 15.9. The topological polar surface area (TPSA) is 12.9 Å². The first-order valence-electron chi connectivity index (χ1n) is 6.34. The van der Waals surface area contributed by atoms with Crippen LogP contribution >= 0.6 is 11.5 Å². The third-order valence-corrected chi connectivity index (χ3v) is 2.54. The molecule has 0 N–H and O–H groups in total. The molecular formula is C14H27NS. The van der Waals surface area contributed by atoms with Gasteiger partial charge in [-0.3, -0.25) is 0 Å². The number of aromatic nitrogens is 1. The Morgan fingerprint density at radius 1 is 1.19 bits per heavy atom. The van der Waals surface area contributed by atoms with Crippen LogP contribution in [0.1, 0.15) is 64.3 Å². The van der Waals surface area contributed by atoms with Crippen LogP contribution in [0.5, 0.6) is 0 Å². The lowest BCUT2D eigenvalue weighted by Crippen LogP contribution is -1.66. The third-order valence-electron chi connectivity index (χ3n) is 1.82. The van der Waals surface area contributed by atoms with Crippen molar-refractivity contribution in [2.75, 3.05) is 0 Å². The zero-order valence-electron chi connectivity index (χ0n) is 11.7. The standard InChI is InChI=1S/C8H11NS.C4H10.C2H6/c1-3-4-5-8-6-9-10-7(8)2;1-3-4-2;1-2/h4-6H,3H2,1-2H3;3-4H2,1-2H3;1-2H3/b5-4-;;. The number of aryl methyl sites for hydroxylation is 1. The minimum atomic E-state index is 1.09. The maximum atomic E-state index is 4.07. The fraction of sp³-hybridized carbons (Fsp3) is 0.643. The van der Waals surface area contributed by atoms with Gasteiger partial charge in [-0.15, -0.1) is 0 Å². The monoisotopic (exact) mass is 241 g/mol. The van der Waals surface area contributed by atoms with Gasteiger partial charge in [0.15, 0.2) is 0 Å². The van der Waals surface area contributed by atoms with Crippen molar-refractivity contribution in [2.24, 2.45) is 0 Å². The molecule has 0 atom stereocenters. The van der Waals surface area contributed by atoms with E-state index in [4.69, 9.17) is 0 Å². The summed E-state index contributed by atoms with van der Waals surface area (Å²) >= 11 is 1.55. The largest absolute Gasteiger partial charge is 0.200 e. The summed E-state index contributed by atoms with van der Waals surface area (Å²) in [4.78, 5) is 1.30. The lowest BCUT2D eigenvalue weighted by Gasteiger charge is -1.84. The molecule has 0 bridgehead atoms. The van der Waals surface area contributed by atoms with Crippen molar-refractivity contribution in [3.8, 4) is 0 Å². The summed E-state index contributed by atoms with van der Waals surface area (Å²) in [7, 11) is 0. The third kappa shape index (κ3) is 9.91. The van der Waals surface area contributed by atoms with Crippen molar-refractivity contribution in [1.29, 1.82) is 0 Å². The second-order valence-corrected chi connectivity index (χ2v) is 4.15. The van der Waals surface area contributed by atoms with Crippen LogP contribution in [-0.2, 0) is 0 Å². The Morgan fingerprint density at radius 2 is 1.75 bits per heavy atom. The minimum Gasteiger partial charge on any atom is -0.200 e. The molecule has 1 aromatic heterocycles. The van der Waals surface area contributed by atoms with Gasteiger partial charge in [0.2, 0.25) is 0 Å². The van der Waals surface area contributed by atoms with Crippen molar-refractivity contribution < 1.29 is 0 Å². The van der Waals surface area contributed by atoms with E-state index in [1.54, 1.807) is 11.5 Å². The van der Waals surface area contributed by atoms with Crippen molar-refractivity contribution in [3.05, 3.63) is 22.7 Å². The number of unbranched alkanes of at least 4 members (excludes halogenated alkanes) is 1. The summed E-state index contributed by atoms with van der Waals surface area (Å²) in [6.07, 6.45) is 9.91. The summed E-state index contributed by atoms with van der Waals surface area (Å²) in [5.74, 6) is 0. The fourth-order valence-electron chi connectivity index (χ4n) is 0.711. The van der Waals surface area contributed by atoms with Gasteiger partial charge in [0.05, 0.1) is 0 Å². The van der Waals surface area contributed by atoms with Crippen LogP contribution in [0.25, 0.3) is 6.08 Å². The Morgan fingerprint density at radius 3 is 2.06 bits per heavy atom. The number of hydrogen-bond donors (Lipinski definition) is 0. The average molecular weight is 241 g/mol. The second-order valence-electron chi connectivity index (χ2n) is 3.15. The van der Waals surface area contributed by atoms with Gasteiger partial charge in [0.25, 0.3) is 0 Å². The average Bonchev–Trinajstić information content (AvgIpc) is 2.75. The highest BCUT2D eigenvalue weighted by Crippen LogP contribution is 2.12. The van der Waals surface area contributed by atoms with E-state index in [9.17, 15) is 0 Å². The Balaban J connectivity index is 0. The zero-order chi connectivity index (χ0) is 12.8. The van der Waals surface area contributed by atoms with E-state index < -0.39 is 0 Å². The molecule has 0 aliphatic rings. The highest BCUT2D eigenvalue weighted by Gasteiger charge is 1.93. The lowest BCUT2D eigenvalue weighted by molar-refractivity contribution is 0.886. The van der Waals surface area contributed by atoms with Crippen LogP contribution in [0.3, 0.4) is 0 Å². The predicted molar refractivity (Wildman–Crippen MR) is 78.1 cm³/mol. The van der Waals surface area contributed by atoms with Gasteiger partial charge in [0, 0.05) is 16.6 Å². The van der Waals surface area contributed by atoms with Gasteiger partial charge < -0.3 is 0 Å². The Labute approximate surface area is 106 Å². The molecule has 1 aromatic rings. The van der Waals surface area contributed by atoms with E-state index in [1.807, 2.05) is 20.0 Å². The van der Waals surface area contributed by atoms with E-state index >= 15 is 0 Å². The zero-order valence-corrected chi connectivity index (χ0v) is 12.5. The lowest BCUT2D eigenvalue weighted by atomic mass is 10.2. The van der Waals surface area contributed by atoms with Gasteiger partial charge in [-0.05, 0) is 24.9 Å². The van der Waals surface area contributed by atoms with Gasteiger partial charge >= 0.3 is 0 Å². The molecule has 0 aliphatic carbocycles. The highest BCUT2D eigenvalue weighted by atomic mass is 32.1. The first-order chi connectivity index (χ1) is 7.76. The molecule has 0 amide bonds. The molecule has 16 heavy (non-hydrogen) atoms. The SMILES string of the molecule is CC.CC/C=C\c1cnsc1C.CCCC. The molecule has 0 aliphatic heterocycles. The fourth-order valence-corrected chi connectivity index (χ4v) is 1.26. The second kappa shape index (κ2) is 14.4. The van der Waals surface area contributed by atoms with Gasteiger partial charge in [-0.1, -0.05) is 59.6 Å². The summed E-state index contributed by atoms with van der Waals surface area (Å²) in [6.45, 7) is 12.6. The van der Waals surface area contributed by atoms with Gasteiger partial charge in [-0.25, -0.2) is 4.37 Å². The number of nitrogens with zero attached hydrogens (tertiary/aromatic N) is 1.